The van der Waals surface area contributed by atoms with Gasteiger partial charge in [0, 0.05) is 42.1 Å². The standard InChI is InChI=1S/C22H20ClF3N6S/c23-17-8-16(14(10-29-17)22(24,25)26)33-19-12-30-18(11-31-19)32-6-3-21(4-7-32)9-15-13(20(21)27)2-1-5-28-15/h1-2,5,8,10-12,20H,3-4,6-7,9,27H2/t20-/m1/s1. The number of hydrogen-bond acceptors (Lipinski definition) is 7. The van der Waals surface area contributed by atoms with Gasteiger partial charge in [-0.15, -0.1) is 0 Å². The van der Waals surface area contributed by atoms with Gasteiger partial charge in [-0.2, -0.15) is 13.2 Å². The maximum absolute atomic E-state index is 13.3. The number of nitrogens with zero attached hydrogens (tertiary/aromatic N) is 5. The lowest BCUT2D eigenvalue weighted by Crippen LogP contribution is -2.44. The van der Waals surface area contributed by atoms with Crippen molar-refractivity contribution in [3.8, 4) is 0 Å². The van der Waals surface area contributed by atoms with Crippen molar-refractivity contribution in [2.24, 2.45) is 11.1 Å². The average molecular weight is 493 g/mol. The van der Waals surface area contributed by atoms with Crippen LogP contribution in [0.5, 0.6) is 0 Å². The molecule has 2 N–H and O–H groups in total. The number of halogens is 4. The molecule has 33 heavy (non-hydrogen) atoms. The first kappa shape index (κ1) is 22.4. The van der Waals surface area contributed by atoms with Crippen LogP contribution in [0.2, 0.25) is 5.15 Å². The summed E-state index contributed by atoms with van der Waals surface area (Å²) in [7, 11) is 0. The second kappa shape index (κ2) is 8.41. The predicted octanol–water partition coefficient (Wildman–Crippen LogP) is 4.93. The molecule has 0 radical (unpaired) electrons. The van der Waals surface area contributed by atoms with Crippen LogP contribution in [-0.2, 0) is 12.6 Å². The van der Waals surface area contributed by atoms with Gasteiger partial charge in [-0.3, -0.25) is 4.98 Å². The van der Waals surface area contributed by atoms with Gasteiger partial charge in [0.15, 0.2) is 0 Å². The third-order valence-electron chi connectivity index (χ3n) is 6.49. The molecule has 172 valence electrons. The molecular weight excluding hydrogens is 473 g/mol. The van der Waals surface area contributed by atoms with E-state index in [0.29, 0.717) is 10.8 Å². The van der Waals surface area contributed by atoms with Crippen molar-refractivity contribution >= 4 is 29.2 Å². The Bertz CT molecular complexity index is 1170. The van der Waals surface area contributed by atoms with Gasteiger partial charge in [-0.1, -0.05) is 29.4 Å². The van der Waals surface area contributed by atoms with Crippen LogP contribution in [0, 0.1) is 5.41 Å². The molecule has 0 saturated carbocycles. The predicted molar refractivity (Wildman–Crippen MR) is 119 cm³/mol. The molecule has 2 aliphatic rings. The number of hydrogen-bond donors (Lipinski definition) is 1. The molecule has 1 aliphatic carbocycles. The Morgan fingerprint density at radius 2 is 1.88 bits per heavy atom. The first-order valence-corrected chi connectivity index (χ1v) is 11.6. The van der Waals surface area contributed by atoms with Gasteiger partial charge in [0.25, 0.3) is 0 Å². The van der Waals surface area contributed by atoms with Gasteiger partial charge in [-0.05, 0) is 42.4 Å². The van der Waals surface area contributed by atoms with E-state index in [1.807, 2.05) is 12.3 Å². The number of alkyl halides is 3. The smallest absolute Gasteiger partial charge is 0.355 e. The maximum atomic E-state index is 13.3. The molecule has 0 aromatic carbocycles. The van der Waals surface area contributed by atoms with E-state index in [2.05, 4.69) is 30.9 Å². The number of fused-ring (bicyclic) bond motifs is 1. The number of piperidine rings is 1. The fourth-order valence-corrected chi connectivity index (χ4v) is 5.78. The molecule has 1 fully saturated rings. The topological polar surface area (TPSA) is 80.8 Å². The van der Waals surface area contributed by atoms with Crippen molar-refractivity contribution in [1.82, 2.24) is 19.9 Å². The summed E-state index contributed by atoms with van der Waals surface area (Å²) in [5.41, 5.74) is 7.99. The molecule has 1 saturated heterocycles. The van der Waals surface area contributed by atoms with Gasteiger partial charge < -0.3 is 10.6 Å². The molecule has 11 heteroatoms. The molecule has 0 bridgehead atoms. The normalized spacial score (nSPS) is 19.7. The quantitative estimate of drug-likeness (QED) is 0.519. The lowest BCUT2D eigenvalue weighted by molar-refractivity contribution is -0.140. The van der Waals surface area contributed by atoms with Crippen molar-refractivity contribution in [1.29, 1.82) is 0 Å². The van der Waals surface area contributed by atoms with E-state index in [4.69, 9.17) is 17.3 Å². The van der Waals surface area contributed by atoms with E-state index in [-0.39, 0.29) is 21.5 Å². The van der Waals surface area contributed by atoms with Gasteiger partial charge >= 0.3 is 6.18 Å². The van der Waals surface area contributed by atoms with Crippen LogP contribution >= 0.6 is 23.4 Å². The Kier molecular flexibility index (Phi) is 5.70. The fourth-order valence-electron chi connectivity index (χ4n) is 4.67. The number of pyridine rings is 2. The van der Waals surface area contributed by atoms with E-state index in [9.17, 15) is 13.2 Å². The summed E-state index contributed by atoms with van der Waals surface area (Å²) in [5.74, 6) is 0.695. The minimum atomic E-state index is -4.53. The minimum absolute atomic E-state index is 0.00498. The maximum Gasteiger partial charge on any atom is 0.418 e. The van der Waals surface area contributed by atoms with Crippen LogP contribution in [0.3, 0.4) is 0 Å². The number of rotatable bonds is 3. The molecular formula is C22H20ClF3N6S. The largest absolute Gasteiger partial charge is 0.418 e. The summed E-state index contributed by atoms with van der Waals surface area (Å²) in [6.45, 7) is 1.56. The molecule has 0 unspecified atom stereocenters. The highest BCUT2D eigenvalue weighted by atomic mass is 35.5. The third-order valence-corrected chi connectivity index (χ3v) is 7.67. The molecule has 3 aromatic heterocycles. The molecule has 4 heterocycles. The summed E-state index contributed by atoms with van der Waals surface area (Å²) in [5, 5.41) is 0.333. The number of aromatic nitrogens is 4. The van der Waals surface area contributed by atoms with Gasteiger partial charge in [-0.25, -0.2) is 15.0 Å². The second-order valence-electron chi connectivity index (χ2n) is 8.36. The van der Waals surface area contributed by atoms with Crippen LogP contribution in [-0.4, -0.2) is 33.0 Å². The van der Waals surface area contributed by atoms with Crippen LogP contribution in [0.25, 0.3) is 0 Å². The summed E-state index contributed by atoms with van der Waals surface area (Å²) >= 11 is 6.66. The monoisotopic (exact) mass is 492 g/mol. The molecule has 3 aromatic rings. The van der Waals surface area contributed by atoms with Crippen molar-refractivity contribution < 1.29 is 13.2 Å². The molecule has 1 atom stereocenters. The fraction of sp³-hybridized carbons (Fsp3) is 0.364. The third kappa shape index (κ3) is 4.27. The Morgan fingerprint density at radius 3 is 2.55 bits per heavy atom. The highest BCUT2D eigenvalue weighted by Crippen LogP contribution is 2.50. The summed E-state index contributed by atoms with van der Waals surface area (Å²) in [4.78, 5) is 18.9. The SMILES string of the molecule is N[C@@H]1c2cccnc2CC12CCN(c1cnc(Sc3cc(Cl)ncc3C(F)(F)F)cn1)CC2. The Balaban J connectivity index is 1.27. The van der Waals surface area contributed by atoms with E-state index < -0.39 is 11.7 Å². The van der Waals surface area contributed by atoms with Gasteiger partial charge in [0.2, 0.25) is 0 Å². The minimum Gasteiger partial charge on any atom is -0.355 e. The van der Waals surface area contributed by atoms with Crippen LogP contribution in [0.15, 0.2) is 52.9 Å². The highest BCUT2D eigenvalue weighted by molar-refractivity contribution is 7.99. The molecule has 0 amide bonds. The van der Waals surface area contributed by atoms with E-state index in [1.54, 1.807) is 6.20 Å². The Morgan fingerprint density at radius 1 is 1.09 bits per heavy atom. The van der Waals surface area contributed by atoms with Crippen molar-refractivity contribution in [2.75, 3.05) is 18.0 Å². The van der Waals surface area contributed by atoms with Gasteiger partial charge in [0.1, 0.15) is 16.0 Å². The number of nitrogens with two attached hydrogens (primary N) is 1. The Hall–Kier alpha value is -2.43. The second-order valence-corrected chi connectivity index (χ2v) is 9.81. The summed E-state index contributed by atoms with van der Waals surface area (Å²) in [6.07, 6.45) is 3.80. The average Bonchev–Trinajstić information content (AvgIpc) is 3.05. The zero-order valence-electron chi connectivity index (χ0n) is 17.4. The zero-order valence-corrected chi connectivity index (χ0v) is 19.0. The molecule has 1 aliphatic heterocycles. The van der Waals surface area contributed by atoms with Gasteiger partial charge in [0.05, 0.1) is 18.0 Å². The summed E-state index contributed by atoms with van der Waals surface area (Å²) < 4.78 is 39.8. The first-order chi connectivity index (χ1) is 15.7. The lowest BCUT2D eigenvalue weighted by Gasteiger charge is -2.42. The van der Waals surface area contributed by atoms with Crippen LogP contribution in [0.1, 0.15) is 35.7 Å². The van der Waals surface area contributed by atoms with E-state index in [0.717, 1.165) is 61.6 Å². The summed E-state index contributed by atoms with van der Waals surface area (Å²) in [6, 6.07) is 5.16. The van der Waals surface area contributed by atoms with Crippen LogP contribution in [0.4, 0.5) is 19.0 Å². The van der Waals surface area contributed by atoms with Crippen molar-refractivity contribution in [3.63, 3.8) is 0 Å². The zero-order chi connectivity index (χ0) is 23.2. The molecule has 5 rings (SSSR count). The first-order valence-electron chi connectivity index (χ1n) is 10.4. The lowest BCUT2D eigenvalue weighted by atomic mass is 9.73. The molecule has 1 spiro atoms. The Labute approximate surface area is 197 Å². The van der Waals surface area contributed by atoms with Crippen LogP contribution < -0.4 is 10.6 Å². The van der Waals surface area contributed by atoms with E-state index >= 15 is 0 Å². The number of anilines is 1. The highest BCUT2D eigenvalue weighted by Gasteiger charge is 2.46. The van der Waals surface area contributed by atoms with Crippen molar-refractivity contribution in [3.05, 3.63) is 65.0 Å². The molecule has 6 nitrogen and oxygen atoms in total. The van der Waals surface area contributed by atoms with Crippen molar-refractivity contribution in [2.45, 2.75) is 41.4 Å². The van der Waals surface area contributed by atoms with E-state index in [1.165, 1.54) is 12.3 Å².